The van der Waals surface area contributed by atoms with Crippen molar-refractivity contribution in [3.8, 4) is 5.75 Å². The number of carbonyl (C=O) groups is 1. The van der Waals surface area contributed by atoms with Gasteiger partial charge >= 0.3 is 0 Å². The monoisotopic (exact) mass is 304 g/mol. The van der Waals surface area contributed by atoms with Gasteiger partial charge in [0.05, 0.1) is 22.5 Å². The Labute approximate surface area is 128 Å². The fourth-order valence-electron chi connectivity index (χ4n) is 1.84. The molecule has 0 heterocycles. The number of nitrogens with one attached hydrogen (secondary N) is 1. The summed E-state index contributed by atoms with van der Waals surface area (Å²) < 4.78 is 5.57. The van der Waals surface area contributed by atoms with Crippen LogP contribution in [-0.4, -0.2) is 12.0 Å². The molecule has 0 saturated heterocycles. The first-order chi connectivity index (χ1) is 9.97. The first-order valence-corrected chi connectivity index (χ1v) is 6.97. The summed E-state index contributed by atoms with van der Waals surface area (Å²) in [5, 5.41) is 3.12. The summed E-state index contributed by atoms with van der Waals surface area (Å²) in [5.41, 5.74) is 7.14. The van der Waals surface area contributed by atoms with Gasteiger partial charge in [0.25, 0.3) is 5.91 Å². The first kappa shape index (κ1) is 15.2. The summed E-state index contributed by atoms with van der Waals surface area (Å²) in [6.07, 6.45) is 0.0440. The molecule has 21 heavy (non-hydrogen) atoms. The molecule has 0 radical (unpaired) electrons. The lowest BCUT2D eigenvalue weighted by atomic mass is 10.2. The highest BCUT2D eigenvalue weighted by molar-refractivity contribution is 6.34. The number of benzene rings is 2. The minimum Gasteiger partial charge on any atom is -0.491 e. The number of halogens is 1. The van der Waals surface area contributed by atoms with Gasteiger partial charge < -0.3 is 15.8 Å². The number of amides is 1. The van der Waals surface area contributed by atoms with E-state index < -0.39 is 0 Å². The summed E-state index contributed by atoms with van der Waals surface area (Å²) in [4.78, 5) is 12.3. The fraction of sp³-hybridized carbons (Fsp3) is 0.188. The Morgan fingerprint density at radius 1 is 1.24 bits per heavy atom. The minimum atomic E-state index is -0.288. The molecule has 0 saturated carbocycles. The maximum atomic E-state index is 12.3. The second-order valence-electron chi connectivity index (χ2n) is 4.85. The van der Waals surface area contributed by atoms with Crippen molar-refractivity contribution in [1.82, 2.24) is 0 Å². The Bertz CT molecular complexity index is 636. The zero-order chi connectivity index (χ0) is 15.4. The van der Waals surface area contributed by atoms with Crippen molar-refractivity contribution in [2.75, 3.05) is 11.1 Å². The van der Waals surface area contributed by atoms with Crippen LogP contribution in [0.15, 0.2) is 42.5 Å². The highest BCUT2D eigenvalue weighted by atomic mass is 35.5. The van der Waals surface area contributed by atoms with E-state index in [4.69, 9.17) is 22.1 Å². The second kappa shape index (κ2) is 6.50. The third-order valence-corrected chi connectivity index (χ3v) is 3.07. The molecule has 0 fully saturated rings. The fourth-order valence-corrected chi connectivity index (χ4v) is 2.07. The van der Waals surface area contributed by atoms with Crippen LogP contribution in [0.4, 0.5) is 11.4 Å². The molecule has 110 valence electrons. The van der Waals surface area contributed by atoms with Gasteiger partial charge in [-0.05, 0) is 44.2 Å². The molecule has 2 aromatic rings. The normalized spacial score (nSPS) is 10.5. The van der Waals surface area contributed by atoms with Gasteiger partial charge in [0, 0.05) is 5.56 Å². The number of anilines is 2. The second-order valence-corrected chi connectivity index (χ2v) is 5.26. The average Bonchev–Trinajstić information content (AvgIpc) is 2.42. The standard InChI is InChI=1S/C16H17ClN2O2/c1-10(2)21-12-6-3-5-11(9-12)16(20)19-15-13(17)7-4-8-14(15)18/h3-10H,18H2,1-2H3,(H,19,20). The number of para-hydroxylation sites is 1. The molecule has 5 heteroatoms. The SMILES string of the molecule is CC(C)Oc1cccc(C(=O)Nc2c(N)cccc2Cl)c1. The molecule has 4 nitrogen and oxygen atoms in total. The zero-order valence-corrected chi connectivity index (χ0v) is 12.6. The molecule has 0 aliphatic rings. The van der Waals surface area contributed by atoms with Crippen LogP contribution in [0, 0.1) is 0 Å². The van der Waals surface area contributed by atoms with Crippen LogP contribution in [0.3, 0.4) is 0 Å². The van der Waals surface area contributed by atoms with Crippen molar-refractivity contribution in [1.29, 1.82) is 0 Å². The highest BCUT2D eigenvalue weighted by Crippen LogP contribution is 2.28. The van der Waals surface area contributed by atoms with Crippen molar-refractivity contribution < 1.29 is 9.53 Å². The smallest absolute Gasteiger partial charge is 0.255 e. The third-order valence-electron chi connectivity index (χ3n) is 2.75. The number of ether oxygens (including phenoxy) is 1. The number of nitrogens with two attached hydrogens (primary N) is 1. The number of hydrogen-bond acceptors (Lipinski definition) is 3. The molecule has 3 N–H and O–H groups in total. The van der Waals surface area contributed by atoms with E-state index in [1.54, 1.807) is 42.5 Å². The van der Waals surface area contributed by atoms with E-state index in [1.807, 2.05) is 13.8 Å². The molecule has 0 aliphatic carbocycles. The molecule has 0 spiro atoms. The molecular formula is C16H17ClN2O2. The van der Waals surface area contributed by atoms with Gasteiger partial charge in [0.1, 0.15) is 5.75 Å². The maximum Gasteiger partial charge on any atom is 0.255 e. The summed E-state index contributed by atoms with van der Waals surface area (Å²) in [6, 6.07) is 12.0. The molecular weight excluding hydrogens is 288 g/mol. The number of rotatable bonds is 4. The maximum absolute atomic E-state index is 12.3. The zero-order valence-electron chi connectivity index (χ0n) is 11.9. The van der Waals surface area contributed by atoms with E-state index in [1.165, 1.54) is 0 Å². The highest BCUT2D eigenvalue weighted by Gasteiger charge is 2.12. The van der Waals surface area contributed by atoms with Crippen LogP contribution >= 0.6 is 11.6 Å². The van der Waals surface area contributed by atoms with Gasteiger partial charge in [-0.2, -0.15) is 0 Å². The van der Waals surface area contributed by atoms with Crippen molar-refractivity contribution in [2.24, 2.45) is 0 Å². The van der Waals surface area contributed by atoms with Gasteiger partial charge in [-0.3, -0.25) is 4.79 Å². The first-order valence-electron chi connectivity index (χ1n) is 6.59. The molecule has 0 bridgehead atoms. The predicted molar refractivity (Wildman–Crippen MR) is 86.0 cm³/mol. The Morgan fingerprint density at radius 3 is 2.62 bits per heavy atom. The Kier molecular flexibility index (Phi) is 4.70. The van der Waals surface area contributed by atoms with Gasteiger partial charge in [0.2, 0.25) is 0 Å². The van der Waals surface area contributed by atoms with Gasteiger partial charge in [-0.1, -0.05) is 23.7 Å². The lowest BCUT2D eigenvalue weighted by Crippen LogP contribution is -2.14. The van der Waals surface area contributed by atoms with E-state index in [0.717, 1.165) is 0 Å². The van der Waals surface area contributed by atoms with Crippen LogP contribution in [0.5, 0.6) is 5.75 Å². The Morgan fingerprint density at radius 2 is 1.95 bits per heavy atom. The van der Waals surface area contributed by atoms with Crippen LogP contribution in [0.1, 0.15) is 24.2 Å². The molecule has 1 amide bonds. The van der Waals surface area contributed by atoms with E-state index in [9.17, 15) is 4.79 Å². The molecule has 0 aliphatic heterocycles. The van der Waals surface area contributed by atoms with Crippen molar-refractivity contribution in [3.63, 3.8) is 0 Å². The molecule has 0 unspecified atom stereocenters. The van der Waals surface area contributed by atoms with Crippen LogP contribution in [-0.2, 0) is 0 Å². The Hall–Kier alpha value is -2.20. The lowest BCUT2D eigenvalue weighted by molar-refractivity contribution is 0.102. The van der Waals surface area contributed by atoms with E-state index >= 15 is 0 Å². The molecule has 2 rings (SSSR count). The number of hydrogen-bond donors (Lipinski definition) is 2. The Balaban J connectivity index is 2.21. The number of nitrogen functional groups attached to an aromatic ring is 1. The third kappa shape index (κ3) is 3.89. The quantitative estimate of drug-likeness (QED) is 0.840. The van der Waals surface area contributed by atoms with Gasteiger partial charge in [-0.15, -0.1) is 0 Å². The number of carbonyl (C=O) groups excluding carboxylic acids is 1. The van der Waals surface area contributed by atoms with Crippen LogP contribution in [0.25, 0.3) is 0 Å². The van der Waals surface area contributed by atoms with Crippen molar-refractivity contribution in [3.05, 3.63) is 53.1 Å². The van der Waals surface area contributed by atoms with Crippen LogP contribution in [0.2, 0.25) is 5.02 Å². The molecule has 0 aromatic heterocycles. The average molecular weight is 305 g/mol. The largest absolute Gasteiger partial charge is 0.491 e. The van der Waals surface area contributed by atoms with Gasteiger partial charge in [0.15, 0.2) is 0 Å². The summed E-state index contributed by atoms with van der Waals surface area (Å²) in [7, 11) is 0. The lowest BCUT2D eigenvalue weighted by Gasteiger charge is -2.12. The van der Waals surface area contributed by atoms with E-state index in [-0.39, 0.29) is 12.0 Å². The van der Waals surface area contributed by atoms with Crippen molar-refractivity contribution in [2.45, 2.75) is 20.0 Å². The molecule has 0 atom stereocenters. The molecule has 2 aromatic carbocycles. The van der Waals surface area contributed by atoms with E-state index in [2.05, 4.69) is 5.32 Å². The van der Waals surface area contributed by atoms with Crippen LogP contribution < -0.4 is 15.8 Å². The summed E-state index contributed by atoms with van der Waals surface area (Å²) >= 11 is 6.04. The summed E-state index contributed by atoms with van der Waals surface area (Å²) in [5.74, 6) is 0.355. The topological polar surface area (TPSA) is 64.3 Å². The van der Waals surface area contributed by atoms with Crippen molar-refractivity contribution >= 4 is 28.9 Å². The van der Waals surface area contributed by atoms with E-state index in [0.29, 0.717) is 27.7 Å². The predicted octanol–water partition coefficient (Wildman–Crippen LogP) is 3.96. The minimum absolute atomic E-state index is 0.0440. The summed E-state index contributed by atoms with van der Waals surface area (Å²) in [6.45, 7) is 3.86. The van der Waals surface area contributed by atoms with Gasteiger partial charge in [-0.25, -0.2) is 0 Å².